The van der Waals surface area contributed by atoms with Gasteiger partial charge in [-0.25, -0.2) is 4.99 Å². The summed E-state index contributed by atoms with van der Waals surface area (Å²) in [6.07, 6.45) is 21.5. The zero-order valence-corrected chi connectivity index (χ0v) is 18.2. The van der Waals surface area contributed by atoms with Crippen LogP contribution in [0.1, 0.15) is 96.8 Å². The maximum absolute atomic E-state index is 11.9. The second-order valence-corrected chi connectivity index (χ2v) is 7.75. The molecule has 0 spiro atoms. The van der Waals surface area contributed by atoms with E-state index in [4.69, 9.17) is 10.5 Å². The van der Waals surface area contributed by atoms with Crippen molar-refractivity contribution < 1.29 is 9.53 Å². The molecule has 0 aromatic carbocycles. The number of allylic oxidation sites excluding steroid dienone is 2. The van der Waals surface area contributed by atoms with Gasteiger partial charge in [-0.3, -0.25) is 4.79 Å². The number of hydrogen-bond acceptors (Lipinski definition) is 5. The van der Waals surface area contributed by atoms with Gasteiger partial charge in [0.15, 0.2) is 0 Å². The van der Waals surface area contributed by atoms with Crippen LogP contribution >= 0.6 is 0 Å². The maximum Gasteiger partial charge on any atom is 0.313 e. The van der Waals surface area contributed by atoms with Gasteiger partial charge in [-0.15, -0.1) is 0 Å². The highest BCUT2D eigenvalue weighted by Crippen LogP contribution is 2.11. The molecule has 28 heavy (non-hydrogen) atoms. The van der Waals surface area contributed by atoms with E-state index >= 15 is 0 Å². The third-order valence-corrected chi connectivity index (χ3v) is 5.13. The summed E-state index contributed by atoms with van der Waals surface area (Å²) >= 11 is 0. The lowest BCUT2D eigenvalue weighted by Gasteiger charge is -2.17. The molecule has 0 aromatic rings. The standard InChI is InChI=1S/C23H43N3O2/c1-2-3-4-5-6-7-8-9-10-11-12-13-14-15-16-17-22(27)28-23-25-19-21-26(23)20-18-24/h9-10H,2-8,11-21,24H2,1H3/b10-9-. The van der Waals surface area contributed by atoms with Crippen LogP contribution in [0.3, 0.4) is 0 Å². The minimum atomic E-state index is -0.166. The number of nitrogens with two attached hydrogens (primary N) is 1. The van der Waals surface area contributed by atoms with Gasteiger partial charge < -0.3 is 15.4 Å². The van der Waals surface area contributed by atoms with Crippen LogP contribution in [0.15, 0.2) is 17.1 Å². The summed E-state index contributed by atoms with van der Waals surface area (Å²) in [7, 11) is 0. The lowest BCUT2D eigenvalue weighted by atomic mass is 10.1. The van der Waals surface area contributed by atoms with Crippen LogP contribution in [-0.2, 0) is 9.53 Å². The molecule has 1 aliphatic heterocycles. The second kappa shape index (κ2) is 17.7. The smallest absolute Gasteiger partial charge is 0.313 e. The molecule has 162 valence electrons. The molecule has 1 rings (SSSR count). The Kier molecular flexibility index (Phi) is 15.6. The van der Waals surface area contributed by atoms with Gasteiger partial charge in [0.25, 0.3) is 6.02 Å². The largest absolute Gasteiger partial charge is 0.393 e. The number of rotatable bonds is 17. The SMILES string of the molecule is CCCCCCCC/C=C\CCCCCCCC(=O)OC1=NCCN1CCN. The van der Waals surface area contributed by atoms with Crippen molar-refractivity contribution in [2.75, 3.05) is 26.2 Å². The number of esters is 1. The van der Waals surface area contributed by atoms with E-state index in [1.54, 1.807) is 0 Å². The molecule has 0 aromatic heterocycles. The van der Waals surface area contributed by atoms with E-state index in [1.165, 1.54) is 70.6 Å². The van der Waals surface area contributed by atoms with Gasteiger partial charge in [-0.05, 0) is 32.1 Å². The van der Waals surface area contributed by atoms with Crippen LogP contribution in [-0.4, -0.2) is 43.1 Å². The summed E-state index contributed by atoms with van der Waals surface area (Å²) in [6.45, 7) is 4.99. The number of hydrogen-bond donors (Lipinski definition) is 1. The molecule has 0 bridgehead atoms. The van der Waals surface area contributed by atoms with Crippen LogP contribution < -0.4 is 5.73 Å². The predicted molar refractivity (Wildman–Crippen MR) is 118 cm³/mol. The first-order chi connectivity index (χ1) is 13.8. The number of ether oxygens (including phenoxy) is 1. The summed E-state index contributed by atoms with van der Waals surface area (Å²) in [6, 6.07) is 0.461. The number of aliphatic imine (C=N–C) groups is 1. The molecule has 0 amide bonds. The lowest BCUT2D eigenvalue weighted by Crippen LogP contribution is -2.35. The van der Waals surface area contributed by atoms with E-state index in [0.29, 0.717) is 32.1 Å². The highest BCUT2D eigenvalue weighted by molar-refractivity contribution is 5.88. The van der Waals surface area contributed by atoms with Crippen molar-refractivity contribution >= 4 is 12.0 Å². The Bertz CT molecular complexity index is 449. The van der Waals surface area contributed by atoms with Crippen LogP contribution in [0.4, 0.5) is 0 Å². The van der Waals surface area contributed by atoms with E-state index in [9.17, 15) is 4.79 Å². The summed E-state index contributed by atoms with van der Waals surface area (Å²) in [5.41, 5.74) is 5.56. The Morgan fingerprint density at radius 3 is 2.25 bits per heavy atom. The first-order valence-electron chi connectivity index (χ1n) is 11.6. The van der Waals surface area contributed by atoms with Crippen molar-refractivity contribution in [1.82, 2.24) is 4.90 Å². The second-order valence-electron chi connectivity index (χ2n) is 7.75. The Hall–Kier alpha value is -1.36. The molecule has 5 heteroatoms. The van der Waals surface area contributed by atoms with Crippen molar-refractivity contribution in [3.63, 3.8) is 0 Å². The van der Waals surface area contributed by atoms with Crippen LogP contribution in [0.25, 0.3) is 0 Å². The lowest BCUT2D eigenvalue weighted by molar-refractivity contribution is -0.136. The van der Waals surface area contributed by atoms with Crippen LogP contribution in [0.2, 0.25) is 0 Å². The quantitative estimate of drug-likeness (QED) is 0.210. The molecule has 0 saturated heterocycles. The topological polar surface area (TPSA) is 67.9 Å². The molecular weight excluding hydrogens is 350 g/mol. The number of amidine groups is 1. The minimum Gasteiger partial charge on any atom is -0.393 e. The van der Waals surface area contributed by atoms with Gasteiger partial charge >= 0.3 is 5.97 Å². The van der Waals surface area contributed by atoms with Crippen molar-refractivity contribution in [3.05, 3.63) is 12.2 Å². The van der Waals surface area contributed by atoms with Crippen molar-refractivity contribution in [2.45, 2.75) is 96.8 Å². The van der Waals surface area contributed by atoms with Crippen molar-refractivity contribution in [3.8, 4) is 0 Å². The third-order valence-electron chi connectivity index (χ3n) is 5.13. The molecule has 0 atom stereocenters. The monoisotopic (exact) mass is 393 g/mol. The summed E-state index contributed by atoms with van der Waals surface area (Å²) in [5.74, 6) is -0.166. The van der Waals surface area contributed by atoms with Gasteiger partial charge in [0.05, 0.1) is 6.54 Å². The Balaban J connectivity index is 1.87. The molecule has 0 saturated carbocycles. The minimum absolute atomic E-state index is 0.166. The third kappa shape index (κ3) is 12.9. The molecule has 2 N–H and O–H groups in total. The van der Waals surface area contributed by atoms with E-state index in [0.717, 1.165) is 19.4 Å². The summed E-state index contributed by atoms with van der Waals surface area (Å²) < 4.78 is 5.37. The van der Waals surface area contributed by atoms with Crippen LogP contribution in [0.5, 0.6) is 0 Å². The highest BCUT2D eigenvalue weighted by atomic mass is 16.6. The molecule has 0 fully saturated rings. The van der Waals surface area contributed by atoms with Gasteiger partial charge in [0.1, 0.15) is 0 Å². The number of unbranched alkanes of at least 4 members (excludes halogenated alkanes) is 11. The fraction of sp³-hybridized carbons (Fsp3) is 0.826. The van der Waals surface area contributed by atoms with Gasteiger partial charge in [0, 0.05) is 26.1 Å². The normalized spacial score (nSPS) is 14.1. The zero-order chi connectivity index (χ0) is 20.3. The summed E-state index contributed by atoms with van der Waals surface area (Å²) in [5, 5.41) is 0. The highest BCUT2D eigenvalue weighted by Gasteiger charge is 2.20. The zero-order valence-electron chi connectivity index (χ0n) is 18.2. The fourth-order valence-electron chi connectivity index (χ4n) is 3.42. The molecule has 0 radical (unpaired) electrons. The first kappa shape index (κ1) is 24.7. The van der Waals surface area contributed by atoms with E-state index < -0.39 is 0 Å². The number of carbonyl (C=O) groups is 1. The Morgan fingerprint density at radius 2 is 1.61 bits per heavy atom. The Morgan fingerprint density at radius 1 is 1.00 bits per heavy atom. The van der Waals surface area contributed by atoms with E-state index in [1.807, 2.05) is 4.90 Å². The Labute approximate surface area is 172 Å². The molecule has 1 aliphatic rings. The van der Waals surface area contributed by atoms with Crippen molar-refractivity contribution in [1.29, 1.82) is 0 Å². The predicted octanol–water partition coefficient (Wildman–Crippen LogP) is 5.20. The molecule has 0 unspecified atom stereocenters. The maximum atomic E-state index is 11.9. The average molecular weight is 394 g/mol. The average Bonchev–Trinajstić information content (AvgIpc) is 3.12. The van der Waals surface area contributed by atoms with Gasteiger partial charge in [-0.1, -0.05) is 70.4 Å². The number of nitrogens with zero attached hydrogens (tertiary/aromatic N) is 2. The summed E-state index contributed by atoms with van der Waals surface area (Å²) in [4.78, 5) is 18.1. The van der Waals surface area contributed by atoms with Crippen LogP contribution in [0, 0.1) is 0 Å². The first-order valence-corrected chi connectivity index (χ1v) is 11.6. The molecular formula is C23H43N3O2. The fourth-order valence-corrected chi connectivity index (χ4v) is 3.42. The van der Waals surface area contributed by atoms with Gasteiger partial charge in [0.2, 0.25) is 0 Å². The van der Waals surface area contributed by atoms with Gasteiger partial charge in [-0.2, -0.15) is 0 Å². The molecule has 5 nitrogen and oxygen atoms in total. The van der Waals surface area contributed by atoms with Crippen molar-refractivity contribution in [2.24, 2.45) is 10.7 Å². The number of carbonyl (C=O) groups excluding carboxylic acids is 1. The van der Waals surface area contributed by atoms with E-state index in [2.05, 4.69) is 24.1 Å². The van der Waals surface area contributed by atoms with E-state index in [-0.39, 0.29) is 5.97 Å². The molecule has 1 heterocycles. The molecule has 0 aliphatic carbocycles.